The van der Waals surface area contributed by atoms with Gasteiger partial charge in [-0.1, -0.05) is 36.0 Å². The van der Waals surface area contributed by atoms with Gasteiger partial charge < -0.3 is 4.57 Å². The summed E-state index contributed by atoms with van der Waals surface area (Å²) < 4.78 is 2.12. The van der Waals surface area contributed by atoms with Gasteiger partial charge in [-0.2, -0.15) is 0 Å². The molecule has 5 nitrogen and oxygen atoms in total. The topological polar surface area (TPSA) is 63.6 Å². The number of nitrogens with one attached hydrogen (secondary N) is 1. The fourth-order valence-electron chi connectivity index (χ4n) is 3.24. The van der Waals surface area contributed by atoms with Crippen LogP contribution >= 0.6 is 23.1 Å². The van der Waals surface area contributed by atoms with Crippen LogP contribution in [0.4, 0.5) is 0 Å². The molecule has 4 aromatic rings. The molecule has 0 aliphatic heterocycles. The van der Waals surface area contributed by atoms with Crippen molar-refractivity contribution in [1.82, 2.24) is 19.7 Å². The second kappa shape index (κ2) is 7.77. The molecule has 7 heteroatoms. The zero-order valence-electron chi connectivity index (χ0n) is 15.8. The number of hydrogen-bond acceptors (Lipinski definition) is 5. The third kappa shape index (κ3) is 3.55. The molecular formula is C21H20N4OS2. The molecule has 0 fully saturated rings. The number of H-pyrrole nitrogens is 1. The van der Waals surface area contributed by atoms with E-state index in [0.717, 1.165) is 33.3 Å². The van der Waals surface area contributed by atoms with Crippen LogP contribution in [0.1, 0.15) is 28.7 Å². The number of thiophene rings is 1. The summed E-state index contributed by atoms with van der Waals surface area (Å²) in [5.41, 5.74) is 3.80. The maximum absolute atomic E-state index is 13.1. The van der Waals surface area contributed by atoms with E-state index in [9.17, 15) is 4.79 Å². The molecule has 0 radical (unpaired) electrons. The molecule has 1 atom stereocenters. The monoisotopic (exact) mass is 408 g/mol. The summed E-state index contributed by atoms with van der Waals surface area (Å²) in [5.74, 6) is 0.821. The molecule has 0 bridgehead atoms. The second-order valence-electron chi connectivity index (χ2n) is 6.52. The van der Waals surface area contributed by atoms with Crippen LogP contribution in [0.5, 0.6) is 0 Å². The van der Waals surface area contributed by atoms with Crippen LogP contribution in [0, 0.1) is 13.8 Å². The highest BCUT2D eigenvalue weighted by Gasteiger charge is 2.23. The van der Waals surface area contributed by atoms with Crippen molar-refractivity contribution in [2.75, 3.05) is 0 Å². The smallest absolute Gasteiger partial charge is 0.209 e. The standard InChI is InChI=1S/C21H20N4OS2/c1-13-12-17(14(2)25(13)16-8-5-4-6-9-16)19(26)15(3)28-21-22-20(23-24-21)18-10-7-11-27-18/h4-12,15H,1-3H3,(H,22,23,24)/t15-/m1/s1. The van der Waals surface area contributed by atoms with Crippen molar-refractivity contribution in [3.8, 4) is 16.4 Å². The largest absolute Gasteiger partial charge is 0.318 e. The number of nitrogens with zero attached hydrogens (tertiary/aromatic N) is 3. The summed E-state index contributed by atoms with van der Waals surface area (Å²) in [4.78, 5) is 18.6. The quantitative estimate of drug-likeness (QED) is 0.347. The highest BCUT2D eigenvalue weighted by Crippen LogP contribution is 2.29. The average molecular weight is 409 g/mol. The van der Waals surface area contributed by atoms with E-state index >= 15 is 0 Å². The molecule has 0 saturated heterocycles. The van der Waals surface area contributed by atoms with Gasteiger partial charge in [0, 0.05) is 22.6 Å². The maximum Gasteiger partial charge on any atom is 0.209 e. The normalized spacial score (nSPS) is 12.2. The first kappa shape index (κ1) is 18.7. The van der Waals surface area contributed by atoms with Crippen LogP contribution in [0.2, 0.25) is 0 Å². The van der Waals surface area contributed by atoms with E-state index in [2.05, 4.69) is 19.7 Å². The van der Waals surface area contributed by atoms with Gasteiger partial charge in [-0.25, -0.2) is 4.98 Å². The minimum absolute atomic E-state index is 0.0859. The van der Waals surface area contributed by atoms with E-state index in [1.165, 1.54) is 11.8 Å². The van der Waals surface area contributed by atoms with Crippen molar-refractivity contribution < 1.29 is 4.79 Å². The SMILES string of the molecule is Cc1cc(C(=O)[C@@H](C)Sc2n[nH]c(-c3cccs3)n2)c(C)n1-c1ccccc1. The van der Waals surface area contributed by atoms with Crippen LogP contribution < -0.4 is 0 Å². The van der Waals surface area contributed by atoms with Crippen LogP contribution in [0.25, 0.3) is 16.4 Å². The second-order valence-corrected chi connectivity index (χ2v) is 8.78. The average Bonchev–Trinajstić information content (AvgIpc) is 3.42. The van der Waals surface area contributed by atoms with Crippen LogP contribution in [-0.2, 0) is 0 Å². The lowest BCUT2D eigenvalue weighted by Gasteiger charge is -2.11. The van der Waals surface area contributed by atoms with Crippen LogP contribution in [0.15, 0.2) is 59.1 Å². The summed E-state index contributed by atoms with van der Waals surface area (Å²) in [6.45, 7) is 5.92. The molecule has 0 spiro atoms. The van der Waals surface area contributed by atoms with Crippen molar-refractivity contribution >= 4 is 28.9 Å². The number of para-hydroxylation sites is 1. The lowest BCUT2D eigenvalue weighted by atomic mass is 10.1. The van der Waals surface area contributed by atoms with E-state index in [0.29, 0.717) is 5.16 Å². The summed E-state index contributed by atoms with van der Waals surface area (Å²) in [5, 5.41) is 9.51. The number of hydrogen-bond donors (Lipinski definition) is 1. The van der Waals surface area contributed by atoms with E-state index in [4.69, 9.17) is 0 Å². The molecule has 0 saturated carbocycles. The van der Waals surface area contributed by atoms with Gasteiger partial charge in [0.25, 0.3) is 0 Å². The molecule has 1 N–H and O–H groups in total. The zero-order chi connectivity index (χ0) is 19.7. The summed E-state index contributed by atoms with van der Waals surface area (Å²) in [6.07, 6.45) is 0. The van der Waals surface area contributed by atoms with Crippen LogP contribution in [0.3, 0.4) is 0 Å². The molecule has 4 rings (SSSR count). The van der Waals surface area contributed by atoms with Crippen molar-refractivity contribution in [3.63, 3.8) is 0 Å². The first-order chi connectivity index (χ1) is 13.5. The predicted octanol–water partition coefficient (Wildman–Crippen LogP) is 5.30. The van der Waals surface area contributed by atoms with Gasteiger partial charge in [0.2, 0.25) is 5.16 Å². The molecule has 0 unspecified atom stereocenters. The number of thioether (sulfide) groups is 1. The Morgan fingerprint density at radius 3 is 2.68 bits per heavy atom. The summed E-state index contributed by atoms with van der Waals surface area (Å²) in [6, 6.07) is 16.0. The fourth-order valence-corrected chi connectivity index (χ4v) is 4.70. The molecule has 142 valence electrons. The van der Waals surface area contributed by atoms with Gasteiger partial charge in [0.1, 0.15) is 0 Å². The van der Waals surface area contributed by atoms with E-state index in [1.807, 2.05) is 74.7 Å². The molecule has 3 aromatic heterocycles. The van der Waals surface area contributed by atoms with Crippen molar-refractivity contribution in [1.29, 1.82) is 0 Å². The number of aromatic amines is 1. The molecule has 0 amide bonds. The fraction of sp³-hybridized carbons (Fsp3) is 0.190. The summed E-state index contributed by atoms with van der Waals surface area (Å²) >= 11 is 2.98. The molecule has 28 heavy (non-hydrogen) atoms. The van der Waals surface area contributed by atoms with Crippen LogP contribution in [-0.4, -0.2) is 30.8 Å². The van der Waals surface area contributed by atoms with E-state index in [-0.39, 0.29) is 11.0 Å². The lowest BCUT2D eigenvalue weighted by molar-refractivity contribution is 0.0993. The number of rotatable bonds is 6. The molecule has 3 heterocycles. The Morgan fingerprint density at radius 2 is 1.96 bits per heavy atom. The lowest BCUT2D eigenvalue weighted by Crippen LogP contribution is -2.14. The summed E-state index contributed by atoms with van der Waals surface area (Å²) in [7, 11) is 0. The Bertz CT molecular complexity index is 1100. The molecule has 1 aromatic carbocycles. The Hall–Kier alpha value is -2.64. The number of carbonyl (C=O) groups excluding carboxylic acids is 1. The first-order valence-electron chi connectivity index (χ1n) is 8.96. The highest BCUT2D eigenvalue weighted by molar-refractivity contribution is 8.00. The van der Waals surface area contributed by atoms with Gasteiger partial charge in [0.15, 0.2) is 11.6 Å². The van der Waals surface area contributed by atoms with Gasteiger partial charge in [-0.05, 0) is 50.4 Å². The van der Waals surface area contributed by atoms with Crippen molar-refractivity contribution in [3.05, 3.63) is 70.9 Å². The zero-order valence-corrected chi connectivity index (χ0v) is 17.5. The number of benzene rings is 1. The first-order valence-corrected chi connectivity index (χ1v) is 10.7. The minimum Gasteiger partial charge on any atom is -0.318 e. The Balaban J connectivity index is 1.55. The van der Waals surface area contributed by atoms with Gasteiger partial charge in [-0.15, -0.1) is 16.4 Å². The Morgan fingerprint density at radius 1 is 1.18 bits per heavy atom. The van der Waals surface area contributed by atoms with Gasteiger partial charge >= 0.3 is 0 Å². The van der Waals surface area contributed by atoms with Crippen molar-refractivity contribution in [2.24, 2.45) is 0 Å². The maximum atomic E-state index is 13.1. The van der Waals surface area contributed by atoms with Gasteiger partial charge in [-0.3, -0.25) is 9.89 Å². The number of Topliss-reactive ketones (excluding diaryl/α,β-unsaturated/α-hetero) is 1. The number of carbonyl (C=O) groups is 1. The molecular weight excluding hydrogens is 388 g/mol. The van der Waals surface area contributed by atoms with Gasteiger partial charge in [0.05, 0.1) is 10.1 Å². The Kier molecular flexibility index (Phi) is 5.19. The minimum atomic E-state index is -0.281. The van der Waals surface area contributed by atoms with E-state index in [1.54, 1.807) is 11.3 Å². The predicted molar refractivity (Wildman–Crippen MR) is 115 cm³/mol. The van der Waals surface area contributed by atoms with E-state index < -0.39 is 0 Å². The Labute approximate surface area is 171 Å². The van der Waals surface area contributed by atoms with Crippen molar-refractivity contribution in [2.45, 2.75) is 31.2 Å². The number of aryl methyl sites for hydroxylation is 1. The number of aromatic nitrogens is 4. The molecule has 0 aliphatic carbocycles. The number of ketones is 1. The third-order valence-corrected chi connectivity index (χ3v) is 6.42. The third-order valence-electron chi connectivity index (χ3n) is 4.58. The highest BCUT2D eigenvalue weighted by atomic mass is 32.2. The molecule has 0 aliphatic rings.